The molecule has 0 bridgehead atoms. The maximum absolute atomic E-state index is 5.56. The number of hydrogen-bond donors (Lipinski definition) is 1. The summed E-state index contributed by atoms with van der Waals surface area (Å²) in [7, 11) is 0. The van der Waals surface area contributed by atoms with E-state index < -0.39 is 0 Å². The zero-order valence-corrected chi connectivity index (χ0v) is 9.16. The molecule has 72 valence electrons. The van der Waals surface area contributed by atoms with Gasteiger partial charge in [-0.2, -0.15) is 0 Å². The van der Waals surface area contributed by atoms with Crippen molar-refractivity contribution >= 4 is 17.3 Å². The maximum atomic E-state index is 5.56. The second-order valence-electron chi connectivity index (χ2n) is 3.06. The maximum Gasteiger partial charge on any atom is 0.166 e. The first-order chi connectivity index (χ1) is 5.65. The minimum atomic E-state index is 0.532. The fourth-order valence-electron chi connectivity index (χ4n) is 1.23. The highest BCUT2D eigenvalue weighted by atomic mass is 32.1. The lowest BCUT2D eigenvalue weighted by atomic mass is 10.0. The van der Waals surface area contributed by atoms with Gasteiger partial charge in [-0.1, -0.05) is 26.7 Å². The zero-order chi connectivity index (χ0) is 9.56. The van der Waals surface area contributed by atoms with Crippen LogP contribution >= 0.6 is 12.2 Å². The van der Waals surface area contributed by atoms with E-state index >= 15 is 0 Å². The van der Waals surface area contributed by atoms with E-state index in [1.807, 2.05) is 0 Å². The van der Waals surface area contributed by atoms with Gasteiger partial charge in [-0.15, -0.1) is 0 Å². The summed E-state index contributed by atoms with van der Waals surface area (Å²) in [5.41, 5.74) is 5.56. The van der Waals surface area contributed by atoms with E-state index in [4.69, 9.17) is 18.0 Å². The predicted molar refractivity (Wildman–Crippen MR) is 58.1 cm³/mol. The lowest BCUT2D eigenvalue weighted by molar-refractivity contribution is 0.336. The molecule has 0 saturated heterocycles. The Balaban J connectivity index is 3.91. The lowest BCUT2D eigenvalue weighted by Crippen LogP contribution is -2.38. The van der Waals surface area contributed by atoms with E-state index in [1.165, 1.54) is 12.8 Å². The van der Waals surface area contributed by atoms with Crippen molar-refractivity contribution < 1.29 is 0 Å². The second-order valence-corrected chi connectivity index (χ2v) is 3.48. The monoisotopic (exact) mass is 188 g/mol. The summed E-state index contributed by atoms with van der Waals surface area (Å²) in [5, 5.41) is 0.532. The van der Waals surface area contributed by atoms with Crippen LogP contribution in [0.25, 0.3) is 0 Å². The van der Waals surface area contributed by atoms with E-state index in [-0.39, 0.29) is 0 Å². The molecule has 12 heavy (non-hydrogen) atoms. The molecule has 0 unspecified atom stereocenters. The van der Waals surface area contributed by atoms with Crippen molar-refractivity contribution in [2.45, 2.75) is 33.6 Å². The van der Waals surface area contributed by atoms with Crippen LogP contribution in [0, 0.1) is 5.92 Å². The molecule has 0 aliphatic rings. The first-order valence-electron chi connectivity index (χ1n) is 4.69. The average molecular weight is 188 g/mol. The lowest BCUT2D eigenvalue weighted by Gasteiger charge is -2.25. The number of rotatable bonds is 5. The molecule has 0 atom stereocenters. The molecular weight excluding hydrogens is 168 g/mol. The second kappa shape index (κ2) is 6.23. The smallest absolute Gasteiger partial charge is 0.166 e. The van der Waals surface area contributed by atoms with Crippen LogP contribution < -0.4 is 5.73 Å². The van der Waals surface area contributed by atoms with Gasteiger partial charge in [-0.3, -0.25) is 0 Å². The Labute approximate surface area is 81.1 Å². The third-order valence-electron chi connectivity index (χ3n) is 2.33. The molecular formula is C9H20N2S. The molecule has 2 N–H and O–H groups in total. The predicted octanol–water partition coefficient (Wildman–Crippen LogP) is 1.99. The summed E-state index contributed by atoms with van der Waals surface area (Å²) >= 11 is 4.93. The normalized spacial score (nSPS) is 10.3. The summed E-state index contributed by atoms with van der Waals surface area (Å²) in [6.45, 7) is 8.44. The summed E-state index contributed by atoms with van der Waals surface area (Å²) < 4.78 is 0. The molecule has 0 rings (SSSR count). The van der Waals surface area contributed by atoms with Crippen molar-refractivity contribution in [1.29, 1.82) is 0 Å². The number of hydrogen-bond acceptors (Lipinski definition) is 1. The van der Waals surface area contributed by atoms with Gasteiger partial charge in [0.05, 0.1) is 0 Å². The van der Waals surface area contributed by atoms with Crippen molar-refractivity contribution in [3.63, 3.8) is 0 Å². The SMILES string of the molecule is CCC(CC)CN(CC)C(N)=S. The number of thiocarbonyl (C=S) groups is 1. The standard InChI is InChI=1S/C9H20N2S/c1-4-8(5-2)7-11(6-3)9(10)12/h8H,4-7H2,1-3H3,(H2,10,12). The Hall–Kier alpha value is -0.310. The van der Waals surface area contributed by atoms with Gasteiger partial charge in [0.1, 0.15) is 0 Å². The van der Waals surface area contributed by atoms with Gasteiger partial charge >= 0.3 is 0 Å². The Morgan fingerprint density at radius 2 is 1.83 bits per heavy atom. The van der Waals surface area contributed by atoms with E-state index in [2.05, 4.69) is 25.7 Å². The quantitative estimate of drug-likeness (QED) is 0.669. The summed E-state index contributed by atoms with van der Waals surface area (Å²) in [5.74, 6) is 0.728. The Kier molecular flexibility index (Phi) is 6.07. The molecule has 3 heteroatoms. The highest BCUT2D eigenvalue weighted by molar-refractivity contribution is 7.80. The summed E-state index contributed by atoms with van der Waals surface area (Å²) in [4.78, 5) is 2.06. The minimum absolute atomic E-state index is 0.532. The van der Waals surface area contributed by atoms with Gasteiger partial charge < -0.3 is 10.6 Å². The Morgan fingerprint density at radius 1 is 1.33 bits per heavy atom. The van der Waals surface area contributed by atoms with Gasteiger partial charge in [0, 0.05) is 13.1 Å². The van der Waals surface area contributed by atoms with Crippen LogP contribution in [0.5, 0.6) is 0 Å². The first kappa shape index (κ1) is 11.7. The third-order valence-corrected chi connectivity index (χ3v) is 2.58. The molecule has 0 radical (unpaired) electrons. The molecule has 0 fully saturated rings. The third kappa shape index (κ3) is 3.90. The molecule has 0 aromatic rings. The van der Waals surface area contributed by atoms with Crippen LogP contribution in [0.15, 0.2) is 0 Å². The van der Waals surface area contributed by atoms with Gasteiger partial charge in [0.2, 0.25) is 0 Å². The Morgan fingerprint density at radius 3 is 2.08 bits per heavy atom. The fourth-order valence-corrected chi connectivity index (χ4v) is 1.44. The van der Waals surface area contributed by atoms with Crippen molar-refractivity contribution in [3.05, 3.63) is 0 Å². The molecule has 0 heterocycles. The van der Waals surface area contributed by atoms with Crippen LogP contribution in [0.3, 0.4) is 0 Å². The molecule has 0 aromatic carbocycles. The van der Waals surface area contributed by atoms with Crippen LogP contribution in [0.1, 0.15) is 33.6 Å². The van der Waals surface area contributed by atoms with Crippen LogP contribution in [0.2, 0.25) is 0 Å². The molecule has 0 saturated carbocycles. The van der Waals surface area contributed by atoms with Crippen LogP contribution in [0.4, 0.5) is 0 Å². The van der Waals surface area contributed by atoms with E-state index in [0.29, 0.717) is 5.11 Å². The van der Waals surface area contributed by atoms with E-state index in [0.717, 1.165) is 19.0 Å². The van der Waals surface area contributed by atoms with Gasteiger partial charge in [-0.25, -0.2) is 0 Å². The van der Waals surface area contributed by atoms with Crippen LogP contribution in [-0.2, 0) is 0 Å². The van der Waals surface area contributed by atoms with Gasteiger partial charge in [0.25, 0.3) is 0 Å². The fraction of sp³-hybridized carbons (Fsp3) is 0.889. The largest absolute Gasteiger partial charge is 0.376 e. The molecule has 0 aromatic heterocycles. The summed E-state index contributed by atoms with van der Waals surface area (Å²) in [6, 6.07) is 0. The highest BCUT2D eigenvalue weighted by Crippen LogP contribution is 2.09. The van der Waals surface area contributed by atoms with Crippen molar-refractivity contribution in [1.82, 2.24) is 4.90 Å². The molecule has 0 aliphatic heterocycles. The summed E-state index contributed by atoms with van der Waals surface area (Å²) in [6.07, 6.45) is 2.41. The Bertz CT molecular complexity index is 132. The van der Waals surface area contributed by atoms with Crippen molar-refractivity contribution in [2.24, 2.45) is 11.7 Å². The van der Waals surface area contributed by atoms with E-state index in [1.54, 1.807) is 0 Å². The number of nitrogens with two attached hydrogens (primary N) is 1. The van der Waals surface area contributed by atoms with Gasteiger partial charge in [-0.05, 0) is 25.1 Å². The van der Waals surface area contributed by atoms with Gasteiger partial charge in [0.15, 0.2) is 5.11 Å². The molecule has 0 aliphatic carbocycles. The zero-order valence-electron chi connectivity index (χ0n) is 8.34. The number of nitrogens with zero attached hydrogens (tertiary/aromatic N) is 1. The minimum Gasteiger partial charge on any atom is -0.376 e. The average Bonchev–Trinajstić information content (AvgIpc) is 2.06. The highest BCUT2D eigenvalue weighted by Gasteiger charge is 2.09. The van der Waals surface area contributed by atoms with Crippen molar-refractivity contribution in [2.75, 3.05) is 13.1 Å². The van der Waals surface area contributed by atoms with Crippen LogP contribution in [-0.4, -0.2) is 23.1 Å². The van der Waals surface area contributed by atoms with E-state index in [9.17, 15) is 0 Å². The molecule has 0 amide bonds. The first-order valence-corrected chi connectivity index (χ1v) is 5.10. The molecule has 2 nitrogen and oxygen atoms in total. The van der Waals surface area contributed by atoms with Crippen molar-refractivity contribution in [3.8, 4) is 0 Å². The topological polar surface area (TPSA) is 29.3 Å². The molecule has 0 spiro atoms.